The Labute approximate surface area is 75.6 Å². The molecule has 0 fully saturated rings. The molecule has 3 nitrogen and oxygen atoms in total. The van der Waals surface area contributed by atoms with Gasteiger partial charge in [-0.05, 0) is 34.9 Å². The second-order valence-electron chi connectivity index (χ2n) is 3.33. The molecular weight excluding hydrogens is 154 g/mol. The maximum Gasteiger partial charge on any atom is 0.170 e. The van der Waals surface area contributed by atoms with Crippen molar-refractivity contribution in [3.8, 4) is 0 Å². The van der Waals surface area contributed by atoms with Crippen molar-refractivity contribution in [1.29, 1.82) is 0 Å². The van der Waals surface area contributed by atoms with Crippen LogP contribution in [-0.2, 0) is 9.47 Å². The molecule has 1 atom stereocenters. The molecule has 0 aliphatic heterocycles. The van der Waals surface area contributed by atoms with Crippen LogP contribution in [0, 0.1) is 0 Å². The molecule has 0 amide bonds. The van der Waals surface area contributed by atoms with Crippen molar-refractivity contribution in [1.82, 2.24) is 4.90 Å². The van der Waals surface area contributed by atoms with Gasteiger partial charge in [-0.25, -0.2) is 0 Å². The van der Waals surface area contributed by atoms with E-state index in [1.54, 1.807) is 0 Å². The lowest BCUT2D eigenvalue weighted by molar-refractivity contribution is -0.166. The van der Waals surface area contributed by atoms with E-state index in [0.717, 1.165) is 6.54 Å². The average Bonchev–Trinajstić information content (AvgIpc) is 1.84. The first-order valence-corrected chi connectivity index (χ1v) is 4.48. The first-order chi connectivity index (χ1) is 5.56. The summed E-state index contributed by atoms with van der Waals surface area (Å²) in [7, 11) is 4.02. The molecule has 0 aliphatic carbocycles. The molecular formula is C9H21NO2. The van der Waals surface area contributed by atoms with Gasteiger partial charge in [0.2, 0.25) is 0 Å². The molecule has 3 heteroatoms. The molecule has 0 heterocycles. The maximum absolute atomic E-state index is 5.54. The Morgan fingerprint density at radius 2 is 1.83 bits per heavy atom. The minimum atomic E-state index is -0.0926. The third kappa shape index (κ3) is 6.58. The van der Waals surface area contributed by atoms with E-state index < -0.39 is 0 Å². The Balaban J connectivity index is 3.69. The van der Waals surface area contributed by atoms with Crippen molar-refractivity contribution in [2.24, 2.45) is 0 Å². The van der Waals surface area contributed by atoms with Gasteiger partial charge in [-0.3, -0.25) is 0 Å². The van der Waals surface area contributed by atoms with Crippen LogP contribution in [-0.4, -0.2) is 44.5 Å². The Bertz CT molecular complexity index is 94.7. The number of ether oxygens (including phenoxy) is 2. The van der Waals surface area contributed by atoms with Crippen molar-refractivity contribution >= 4 is 0 Å². The minimum Gasteiger partial charge on any atom is -0.352 e. The molecule has 74 valence electrons. The minimum absolute atomic E-state index is 0.0926. The van der Waals surface area contributed by atoms with Crippen LogP contribution in [0.1, 0.15) is 20.8 Å². The van der Waals surface area contributed by atoms with Crippen molar-refractivity contribution in [2.75, 3.05) is 27.2 Å². The van der Waals surface area contributed by atoms with Crippen LogP contribution in [0.15, 0.2) is 0 Å². The molecule has 1 unspecified atom stereocenters. The molecule has 0 saturated heterocycles. The molecule has 0 N–H and O–H groups in total. The van der Waals surface area contributed by atoms with E-state index in [4.69, 9.17) is 9.47 Å². The fraction of sp³-hybridized carbons (Fsp3) is 1.00. The normalized spacial score (nSPS) is 14.2. The topological polar surface area (TPSA) is 21.7 Å². The molecule has 0 bridgehead atoms. The van der Waals surface area contributed by atoms with Crippen LogP contribution in [0.5, 0.6) is 0 Å². The van der Waals surface area contributed by atoms with E-state index in [1.165, 1.54) is 0 Å². The van der Waals surface area contributed by atoms with E-state index >= 15 is 0 Å². The van der Waals surface area contributed by atoms with Gasteiger partial charge in [-0.15, -0.1) is 0 Å². The Morgan fingerprint density at radius 1 is 1.25 bits per heavy atom. The third-order valence-corrected chi connectivity index (χ3v) is 1.29. The van der Waals surface area contributed by atoms with Gasteiger partial charge < -0.3 is 14.4 Å². The molecule has 0 saturated carbocycles. The summed E-state index contributed by atoms with van der Waals surface area (Å²) in [5.74, 6) is 0. The molecule has 0 aliphatic rings. The predicted octanol–water partition coefficient (Wildman–Crippen LogP) is 1.34. The number of likely N-dealkylation sites (N-methyl/N-ethyl adjacent to an activating group) is 1. The van der Waals surface area contributed by atoms with Crippen LogP contribution >= 0.6 is 0 Å². The van der Waals surface area contributed by atoms with Crippen molar-refractivity contribution in [3.63, 3.8) is 0 Å². The highest BCUT2D eigenvalue weighted by Gasteiger charge is 2.11. The lowest BCUT2D eigenvalue weighted by Crippen LogP contribution is -2.32. The summed E-state index contributed by atoms with van der Waals surface area (Å²) >= 11 is 0. The second kappa shape index (κ2) is 6.40. The number of nitrogens with zero attached hydrogens (tertiary/aromatic N) is 1. The van der Waals surface area contributed by atoms with Gasteiger partial charge in [0.15, 0.2) is 6.29 Å². The summed E-state index contributed by atoms with van der Waals surface area (Å²) in [5.41, 5.74) is 0. The van der Waals surface area contributed by atoms with Crippen molar-refractivity contribution in [2.45, 2.75) is 33.2 Å². The van der Waals surface area contributed by atoms with Crippen LogP contribution in [0.25, 0.3) is 0 Å². The molecule has 0 radical (unpaired) electrons. The third-order valence-electron chi connectivity index (χ3n) is 1.29. The van der Waals surface area contributed by atoms with Gasteiger partial charge in [0.05, 0.1) is 6.10 Å². The van der Waals surface area contributed by atoms with Crippen molar-refractivity contribution < 1.29 is 9.47 Å². The summed E-state index contributed by atoms with van der Waals surface area (Å²) in [6.45, 7) is 7.52. The van der Waals surface area contributed by atoms with Crippen LogP contribution < -0.4 is 0 Å². The standard InChI is InChI=1S/C9H21NO2/c1-6-11-9(7-10(4)5)12-8(2)3/h8-9H,6-7H2,1-5H3. The van der Waals surface area contributed by atoms with E-state index in [2.05, 4.69) is 4.90 Å². The van der Waals surface area contributed by atoms with Gasteiger partial charge in [-0.1, -0.05) is 0 Å². The second-order valence-corrected chi connectivity index (χ2v) is 3.33. The van der Waals surface area contributed by atoms with Crippen LogP contribution in [0.3, 0.4) is 0 Å². The van der Waals surface area contributed by atoms with Crippen LogP contribution in [0.2, 0.25) is 0 Å². The van der Waals surface area contributed by atoms with E-state index in [9.17, 15) is 0 Å². The SMILES string of the molecule is CCOC(CN(C)C)OC(C)C. The maximum atomic E-state index is 5.54. The molecule has 0 spiro atoms. The summed E-state index contributed by atoms with van der Waals surface area (Å²) in [6.07, 6.45) is 0.131. The first kappa shape index (κ1) is 11.9. The summed E-state index contributed by atoms with van der Waals surface area (Å²) in [6, 6.07) is 0. The fourth-order valence-corrected chi connectivity index (χ4v) is 0.923. The van der Waals surface area contributed by atoms with Gasteiger partial charge in [0, 0.05) is 13.2 Å². The fourth-order valence-electron chi connectivity index (χ4n) is 0.923. The van der Waals surface area contributed by atoms with E-state index in [-0.39, 0.29) is 12.4 Å². The van der Waals surface area contributed by atoms with Crippen LogP contribution in [0.4, 0.5) is 0 Å². The Morgan fingerprint density at radius 3 is 2.17 bits per heavy atom. The monoisotopic (exact) mass is 175 g/mol. The number of hydrogen-bond donors (Lipinski definition) is 0. The highest BCUT2D eigenvalue weighted by atomic mass is 16.7. The number of hydrogen-bond acceptors (Lipinski definition) is 3. The van der Waals surface area contributed by atoms with Gasteiger partial charge >= 0.3 is 0 Å². The zero-order chi connectivity index (χ0) is 9.56. The quantitative estimate of drug-likeness (QED) is 0.569. The molecule has 0 aromatic heterocycles. The van der Waals surface area contributed by atoms with E-state index in [1.807, 2.05) is 34.9 Å². The predicted molar refractivity (Wildman–Crippen MR) is 50.2 cm³/mol. The smallest absolute Gasteiger partial charge is 0.170 e. The molecule has 0 rings (SSSR count). The molecule has 0 aromatic carbocycles. The summed E-state index contributed by atoms with van der Waals surface area (Å²) < 4.78 is 10.9. The summed E-state index contributed by atoms with van der Waals surface area (Å²) in [5, 5.41) is 0. The largest absolute Gasteiger partial charge is 0.352 e. The molecule has 0 aromatic rings. The Kier molecular flexibility index (Phi) is 6.34. The first-order valence-electron chi connectivity index (χ1n) is 4.48. The van der Waals surface area contributed by atoms with Gasteiger partial charge in [0.25, 0.3) is 0 Å². The van der Waals surface area contributed by atoms with E-state index in [0.29, 0.717) is 6.61 Å². The zero-order valence-corrected chi connectivity index (χ0v) is 8.83. The lowest BCUT2D eigenvalue weighted by atomic mass is 10.4. The summed E-state index contributed by atoms with van der Waals surface area (Å²) in [4.78, 5) is 2.06. The average molecular weight is 175 g/mol. The highest BCUT2D eigenvalue weighted by molar-refractivity contribution is 4.51. The molecule has 12 heavy (non-hydrogen) atoms. The Hall–Kier alpha value is -0.120. The van der Waals surface area contributed by atoms with Gasteiger partial charge in [-0.2, -0.15) is 0 Å². The van der Waals surface area contributed by atoms with Gasteiger partial charge in [0.1, 0.15) is 0 Å². The van der Waals surface area contributed by atoms with Crippen molar-refractivity contribution in [3.05, 3.63) is 0 Å². The lowest BCUT2D eigenvalue weighted by Gasteiger charge is -2.23. The number of rotatable bonds is 6. The highest BCUT2D eigenvalue weighted by Crippen LogP contribution is 2.00. The zero-order valence-electron chi connectivity index (χ0n) is 8.83.